The number of amides is 1. The van der Waals surface area contributed by atoms with Crippen molar-refractivity contribution in [1.29, 1.82) is 0 Å². The molecule has 1 N–H and O–H groups in total. The minimum Gasteiger partial charge on any atom is -0.366 e. The van der Waals surface area contributed by atoms with Crippen LogP contribution < -0.4 is 5.32 Å². The fourth-order valence-corrected chi connectivity index (χ4v) is 1.84. The summed E-state index contributed by atoms with van der Waals surface area (Å²) in [4.78, 5) is 12.1. The predicted molar refractivity (Wildman–Crippen MR) is 89.4 cm³/mol. The Morgan fingerprint density at radius 1 is 0.957 bits per heavy atom. The second-order valence-electron chi connectivity index (χ2n) is 5.02. The minimum atomic E-state index is -0.880. The van der Waals surface area contributed by atoms with Crippen molar-refractivity contribution >= 4 is 5.91 Å². The third kappa shape index (κ3) is 10.4. The molecule has 0 aromatic heterocycles. The lowest BCUT2D eigenvalue weighted by molar-refractivity contribution is -0.127. The van der Waals surface area contributed by atoms with Crippen LogP contribution in [0.4, 0.5) is 0 Å². The molecule has 0 rings (SSSR count). The molecular formula is C18H25NO4. The molecule has 0 heterocycles. The summed E-state index contributed by atoms with van der Waals surface area (Å²) in [6.07, 6.45) is 17.7. The van der Waals surface area contributed by atoms with Crippen LogP contribution in [0.25, 0.3) is 0 Å². The Morgan fingerprint density at radius 3 is 1.74 bits per heavy atom. The first-order valence-corrected chi connectivity index (χ1v) is 7.48. The summed E-state index contributed by atoms with van der Waals surface area (Å²) in [5, 5.41) is 2.92. The van der Waals surface area contributed by atoms with Crippen molar-refractivity contribution in [3.05, 3.63) is 0 Å². The summed E-state index contributed by atoms with van der Waals surface area (Å²) in [6.45, 7) is 2.81. The van der Waals surface area contributed by atoms with Gasteiger partial charge in [-0.1, -0.05) is 31.1 Å². The Bertz CT molecular complexity index is 403. The van der Waals surface area contributed by atoms with Gasteiger partial charge in [-0.25, -0.2) is 0 Å². The van der Waals surface area contributed by atoms with E-state index in [-0.39, 0.29) is 45.5 Å². The molecule has 0 aliphatic heterocycles. The molecule has 0 aliphatic carbocycles. The first-order chi connectivity index (χ1) is 11.1. The van der Waals surface area contributed by atoms with Crippen molar-refractivity contribution in [1.82, 2.24) is 5.32 Å². The number of nitrogens with one attached hydrogen (secondary N) is 1. The molecule has 5 heteroatoms. The first-order valence-electron chi connectivity index (χ1n) is 7.48. The van der Waals surface area contributed by atoms with Crippen LogP contribution in [0.5, 0.6) is 0 Å². The number of carbonyl (C=O) groups excluding carboxylic acids is 1. The van der Waals surface area contributed by atoms with Gasteiger partial charge < -0.3 is 19.5 Å². The maximum atomic E-state index is 12.1. The van der Waals surface area contributed by atoms with Gasteiger partial charge in [-0.15, -0.1) is 19.3 Å². The number of carbonyl (C=O) groups is 1. The molecule has 126 valence electrons. The molecule has 0 aromatic carbocycles. The molecule has 23 heavy (non-hydrogen) atoms. The molecule has 0 spiro atoms. The average molecular weight is 319 g/mol. The first kappa shape index (κ1) is 21.0. The van der Waals surface area contributed by atoms with Crippen molar-refractivity contribution in [3.63, 3.8) is 0 Å². The lowest BCUT2D eigenvalue weighted by atomic mass is 10.0. The van der Waals surface area contributed by atoms with E-state index < -0.39 is 5.54 Å². The van der Waals surface area contributed by atoms with E-state index in [2.05, 4.69) is 23.1 Å². The quantitative estimate of drug-likeness (QED) is 0.406. The lowest BCUT2D eigenvalue weighted by Crippen LogP contribution is -2.58. The number of hydrogen-bond donors (Lipinski definition) is 1. The number of hydrogen-bond acceptors (Lipinski definition) is 4. The van der Waals surface area contributed by atoms with Gasteiger partial charge in [-0.05, 0) is 6.42 Å². The highest BCUT2D eigenvalue weighted by molar-refractivity contribution is 5.76. The molecule has 0 aromatic rings. The van der Waals surface area contributed by atoms with E-state index in [1.54, 1.807) is 0 Å². The zero-order valence-corrected chi connectivity index (χ0v) is 13.7. The molecule has 0 saturated heterocycles. The highest BCUT2D eigenvalue weighted by Crippen LogP contribution is 2.10. The summed E-state index contributed by atoms with van der Waals surface area (Å²) in [6, 6.07) is 0. The maximum absolute atomic E-state index is 12.1. The highest BCUT2D eigenvalue weighted by Gasteiger charge is 2.33. The average Bonchev–Trinajstić information content (AvgIpc) is 2.53. The normalized spacial score (nSPS) is 10.3. The van der Waals surface area contributed by atoms with Crippen LogP contribution in [0.1, 0.15) is 26.2 Å². The van der Waals surface area contributed by atoms with Crippen LogP contribution >= 0.6 is 0 Å². The largest absolute Gasteiger partial charge is 0.366 e. The zero-order chi connectivity index (χ0) is 17.4. The van der Waals surface area contributed by atoms with Crippen molar-refractivity contribution in [3.8, 4) is 37.0 Å². The summed E-state index contributed by atoms with van der Waals surface area (Å²) in [5.41, 5.74) is -0.880. The Labute approximate surface area is 139 Å². The molecular weight excluding hydrogens is 294 g/mol. The van der Waals surface area contributed by atoms with Gasteiger partial charge in [0.05, 0.1) is 19.8 Å². The second kappa shape index (κ2) is 13.7. The number of terminal acetylenes is 3. The van der Waals surface area contributed by atoms with E-state index in [0.29, 0.717) is 6.42 Å². The van der Waals surface area contributed by atoms with Crippen molar-refractivity contribution in [2.45, 2.75) is 31.7 Å². The molecule has 1 amide bonds. The van der Waals surface area contributed by atoms with Gasteiger partial charge in [0.15, 0.2) is 0 Å². The van der Waals surface area contributed by atoms with Crippen LogP contribution in [-0.2, 0) is 19.0 Å². The topological polar surface area (TPSA) is 56.8 Å². The molecule has 5 nitrogen and oxygen atoms in total. The maximum Gasteiger partial charge on any atom is 0.220 e. The summed E-state index contributed by atoms with van der Waals surface area (Å²) in [7, 11) is 0. The van der Waals surface area contributed by atoms with Crippen LogP contribution in [0, 0.1) is 37.0 Å². The van der Waals surface area contributed by atoms with Gasteiger partial charge in [-0.2, -0.15) is 0 Å². The fraction of sp³-hybridized carbons (Fsp3) is 0.611. The Hall–Kier alpha value is -1.97. The predicted octanol–water partition coefficient (Wildman–Crippen LogP) is 0.981. The van der Waals surface area contributed by atoms with Gasteiger partial charge in [0, 0.05) is 6.42 Å². The molecule has 0 saturated carbocycles. The van der Waals surface area contributed by atoms with Gasteiger partial charge in [0.2, 0.25) is 5.91 Å². The van der Waals surface area contributed by atoms with E-state index in [9.17, 15) is 4.79 Å². The van der Waals surface area contributed by atoms with Crippen molar-refractivity contribution in [2.75, 3.05) is 39.6 Å². The SMILES string of the molecule is C#CCOCC(COCC#C)(COCC#C)NC(=O)CCCC. The molecule has 0 fully saturated rings. The number of ether oxygens (including phenoxy) is 3. The number of rotatable bonds is 13. The molecule has 0 aliphatic rings. The molecule has 0 atom stereocenters. The minimum absolute atomic E-state index is 0.107. The standard InChI is InChI=1S/C18H25NO4/c1-5-9-10-17(20)19-18(14-21-11-6-2,15-22-12-7-3)16-23-13-8-4/h2-4H,5,9-16H2,1H3,(H,19,20). The summed E-state index contributed by atoms with van der Waals surface area (Å²) < 4.78 is 16.2. The van der Waals surface area contributed by atoms with Crippen LogP contribution in [-0.4, -0.2) is 51.1 Å². The molecule has 0 unspecified atom stereocenters. The molecule has 0 bridgehead atoms. The Kier molecular flexibility index (Phi) is 12.5. The van der Waals surface area contributed by atoms with Crippen molar-refractivity contribution in [2.24, 2.45) is 0 Å². The zero-order valence-electron chi connectivity index (χ0n) is 13.7. The summed E-state index contributed by atoms with van der Waals surface area (Å²) >= 11 is 0. The smallest absolute Gasteiger partial charge is 0.220 e. The van der Waals surface area contributed by atoms with E-state index in [4.69, 9.17) is 33.5 Å². The lowest BCUT2D eigenvalue weighted by Gasteiger charge is -2.33. The Balaban J connectivity index is 4.93. The van der Waals surface area contributed by atoms with Crippen LogP contribution in [0.3, 0.4) is 0 Å². The van der Waals surface area contributed by atoms with E-state index in [1.807, 2.05) is 6.92 Å². The van der Waals surface area contributed by atoms with E-state index in [0.717, 1.165) is 12.8 Å². The number of unbranched alkanes of at least 4 members (excludes halogenated alkanes) is 1. The van der Waals surface area contributed by atoms with Gasteiger partial charge >= 0.3 is 0 Å². The van der Waals surface area contributed by atoms with Crippen molar-refractivity contribution < 1.29 is 19.0 Å². The highest BCUT2D eigenvalue weighted by atomic mass is 16.5. The van der Waals surface area contributed by atoms with Crippen LogP contribution in [0.2, 0.25) is 0 Å². The van der Waals surface area contributed by atoms with E-state index in [1.165, 1.54) is 0 Å². The van der Waals surface area contributed by atoms with E-state index >= 15 is 0 Å². The fourth-order valence-electron chi connectivity index (χ4n) is 1.84. The molecule has 0 radical (unpaired) electrons. The van der Waals surface area contributed by atoms with Gasteiger partial charge in [0.1, 0.15) is 25.4 Å². The van der Waals surface area contributed by atoms with Crippen LogP contribution in [0.15, 0.2) is 0 Å². The third-order valence-corrected chi connectivity index (χ3v) is 2.85. The second-order valence-corrected chi connectivity index (χ2v) is 5.02. The van der Waals surface area contributed by atoms with Gasteiger partial charge in [-0.3, -0.25) is 4.79 Å². The summed E-state index contributed by atoms with van der Waals surface area (Å²) in [5.74, 6) is 7.04. The Morgan fingerprint density at radius 2 is 1.39 bits per heavy atom. The third-order valence-electron chi connectivity index (χ3n) is 2.85. The monoisotopic (exact) mass is 319 g/mol. The van der Waals surface area contributed by atoms with Gasteiger partial charge in [0.25, 0.3) is 0 Å².